The quantitative estimate of drug-likeness (QED) is 0.682. The van der Waals surface area contributed by atoms with Gasteiger partial charge < -0.3 is 19.0 Å². The second-order valence-electron chi connectivity index (χ2n) is 7.12. The van der Waals surface area contributed by atoms with Crippen LogP contribution in [0.4, 0.5) is 0 Å². The largest absolute Gasteiger partial charge is 0.481 e. The van der Waals surface area contributed by atoms with Crippen LogP contribution in [0.5, 0.6) is 5.75 Å². The summed E-state index contributed by atoms with van der Waals surface area (Å²) in [6.45, 7) is 3.72. The van der Waals surface area contributed by atoms with E-state index in [1.165, 1.54) is 0 Å². The maximum atomic E-state index is 12.3. The van der Waals surface area contributed by atoms with Gasteiger partial charge >= 0.3 is 5.63 Å². The number of amides is 1. The lowest BCUT2D eigenvalue weighted by atomic mass is 9.91. The molecule has 2 heterocycles. The Hall–Kier alpha value is -3.09. The van der Waals surface area contributed by atoms with Crippen LogP contribution in [-0.2, 0) is 24.2 Å². The average Bonchev–Trinajstić information content (AvgIpc) is 3.11. The summed E-state index contributed by atoms with van der Waals surface area (Å²) in [5.41, 5.74) is 2.86. The van der Waals surface area contributed by atoms with Crippen LogP contribution in [0.2, 0.25) is 0 Å². The van der Waals surface area contributed by atoms with Crippen molar-refractivity contribution in [2.45, 2.75) is 52.2 Å². The fraction of sp³-hybridized carbons (Fsp3) is 0.381. The van der Waals surface area contributed by atoms with E-state index in [2.05, 4.69) is 10.5 Å². The highest BCUT2D eigenvalue weighted by molar-refractivity contribution is 5.83. The first-order valence-electron chi connectivity index (χ1n) is 9.46. The third-order valence-electron chi connectivity index (χ3n) is 4.99. The number of hydrogen-bond acceptors (Lipinski definition) is 6. The van der Waals surface area contributed by atoms with E-state index in [0.29, 0.717) is 17.1 Å². The zero-order chi connectivity index (χ0) is 19.7. The van der Waals surface area contributed by atoms with Crippen molar-refractivity contribution in [2.75, 3.05) is 0 Å². The van der Waals surface area contributed by atoms with Crippen LogP contribution in [0.3, 0.4) is 0 Å². The molecule has 1 atom stereocenters. The molecule has 0 saturated heterocycles. The van der Waals surface area contributed by atoms with Crippen LogP contribution in [0.25, 0.3) is 11.0 Å². The summed E-state index contributed by atoms with van der Waals surface area (Å²) in [7, 11) is 0. The lowest BCUT2D eigenvalue weighted by molar-refractivity contribution is -0.127. The number of nitrogens with one attached hydrogen (secondary N) is 1. The molecule has 4 rings (SSSR count). The van der Waals surface area contributed by atoms with Crippen LogP contribution in [0.1, 0.15) is 42.3 Å². The van der Waals surface area contributed by atoms with E-state index >= 15 is 0 Å². The molecule has 146 valence electrons. The van der Waals surface area contributed by atoms with E-state index in [9.17, 15) is 9.59 Å². The first-order chi connectivity index (χ1) is 13.5. The van der Waals surface area contributed by atoms with Gasteiger partial charge in [0.2, 0.25) is 0 Å². The summed E-state index contributed by atoms with van der Waals surface area (Å²) in [5, 5.41) is 7.47. The molecule has 3 aromatic rings. The minimum atomic E-state index is -0.717. The molecule has 1 aliphatic carbocycles. The minimum Gasteiger partial charge on any atom is -0.481 e. The summed E-state index contributed by atoms with van der Waals surface area (Å²) in [5.74, 6) is 0.779. The third-order valence-corrected chi connectivity index (χ3v) is 4.99. The predicted molar refractivity (Wildman–Crippen MR) is 102 cm³/mol. The Morgan fingerprint density at radius 2 is 2.04 bits per heavy atom. The van der Waals surface area contributed by atoms with E-state index in [1.807, 2.05) is 13.0 Å². The summed E-state index contributed by atoms with van der Waals surface area (Å²) < 4.78 is 16.3. The van der Waals surface area contributed by atoms with Crippen molar-refractivity contribution in [3.63, 3.8) is 0 Å². The fourth-order valence-corrected chi connectivity index (χ4v) is 3.57. The van der Waals surface area contributed by atoms with Crippen molar-refractivity contribution >= 4 is 16.9 Å². The Bertz CT molecular complexity index is 1080. The van der Waals surface area contributed by atoms with Gasteiger partial charge in [-0.2, -0.15) is 0 Å². The van der Waals surface area contributed by atoms with Gasteiger partial charge in [0.15, 0.2) is 11.9 Å². The zero-order valence-corrected chi connectivity index (χ0v) is 15.9. The van der Waals surface area contributed by atoms with Gasteiger partial charge in [0.1, 0.15) is 11.3 Å². The second-order valence-corrected chi connectivity index (χ2v) is 7.12. The topological polar surface area (TPSA) is 94.6 Å². The second kappa shape index (κ2) is 7.50. The van der Waals surface area contributed by atoms with Crippen molar-refractivity contribution < 1.29 is 18.5 Å². The first-order valence-corrected chi connectivity index (χ1v) is 9.46. The Labute approximate surface area is 161 Å². The number of aromatic nitrogens is 1. The van der Waals surface area contributed by atoms with Gasteiger partial charge in [-0.25, -0.2) is 4.79 Å². The highest BCUT2D eigenvalue weighted by atomic mass is 16.5. The molecule has 1 amide bonds. The average molecular weight is 382 g/mol. The summed E-state index contributed by atoms with van der Waals surface area (Å²) >= 11 is 0. The third kappa shape index (κ3) is 3.65. The number of benzene rings is 1. The van der Waals surface area contributed by atoms with E-state index in [1.54, 1.807) is 25.1 Å². The summed E-state index contributed by atoms with van der Waals surface area (Å²) in [4.78, 5) is 24.5. The zero-order valence-electron chi connectivity index (χ0n) is 15.9. The molecule has 28 heavy (non-hydrogen) atoms. The Morgan fingerprint density at radius 3 is 2.79 bits per heavy atom. The van der Waals surface area contributed by atoms with E-state index in [0.717, 1.165) is 47.9 Å². The molecule has 0 aliphatic heterocycles. The van der Waals surface area contributed by atoms with Gasteiger partial charge in [0, 0.05) is 23.1 Å². The van der Waals surface area contributed by atoms with Crippen molar-refractivity contribution in [3.05, 3.63) is 57.3 Å². The smallest absolute Gasteiger partial charge is 0.339 e. The minimum absolute atomic E-state index is 0.242. The number of carbonyl (C=O) groups excluding carboxylic acids is 1. The summed E-state index contributed by atoms with van der Waals surface area (Å²) in [6.07, 6.45) is 3.03. The molecular weight excluding hydrogens is 360 g/mol. The molecule has 1 aliphatic rings. The fourth-order valence-electron chi connectivity index (χ4n) is 3.57. The van der Waals surface area contributed by atoms with Crippen molar-refractivity contribution in [1.82, 2.24) is 10.5 Å². The SMILES string of the molecule is Cc1cc(CNC(=O)C(C)Oc2ccc3c4c(c(=O)oc3c2)CCCC4)on1. The number of carbonyl (C=O) groups is 1. The number of rotatable bonds is 5. The number of nitrogens with zero attached hydrogens (tertiary/aromatic N) is 1. The highest BCUT2D eigenvalue weighted by Crippen LogP contribution is 2.29. The Balaban J connectivity index is 1.48. The number of hydrogen-bond donors (Lipinski definition) is 1. The predicted octanol–water partition coefficient (Wildman–Crippen LogP) is 3.05. The first kappa shape index (κ1) is 18.3. The molecule has 0 radical (unpaired) electrons. The monoisotopic (exact) mass is 382 g/mol. The van der Waals surface area contributed by atoms with Crippen LogP contribution in [-0.4, -0.2) is 17.2 Å². The maximum absolute atomic E-state index is 12.3. The van der Waals surface area contributed by atoms with E-state index in [-0.39, 0.29) is 18.1 Å². The maximum Gasteiger partial charge on any atom is 0.339 e. The van der Waals surface area contributed by atoms with Gasteiger partial charge in [-0.1, -0.05) is 5.16 Å². The van der Waals surface area contributed by atoms with Crippen molar-refractivity contribution in [1.29, 1.82) is 0 Å². The lowest BCUT2D eigenvalue weighted by Crippen LogP contribution is -2.35. The van der Waals surface area contributed by atoms with Crippen molar-refractivity contribution in [2.24, 2.45) is 0 Å². The van der Waals surface area contributed by atoms with E-state index in [4.69, 9.17) is 13.7 Å². The van der Waals surface area contributed by atoms with Gasteiger partial charge in [-0.3, -0.25) is 4.79 Å². The van der Waals surface area contributed by atoms with Gasteiger partial charge in [-0.15, -0.1) is 0 Å². The standard InChI is InChI=1S/C21H22N2O5/c1-12-9-15(28-23-12)11-22-20(24)13(2)26-14-7-8-17-16-5-3-4-6-18(16)21(25)27-19(17)10-14/h7-10,13H,3-6,11H2,1-2H3,(H,22,24). The molecular formula is C21H22N2O5. The van der Waals surface area contributed by atoms with Crippen LogP contribution >= 0.6 is 0 Å². The number of aryl methyl sites for hydroxylation is 2. The Morgan fingerprint density at radius 1 is 1.25 bits per heavy atom. The molecule has 1 N–H and O–H groups in total. The van der Waals surface area contributed by atoms with Crippen molar-refractivity contribution in [3.8, 4) is 5.75 Å². The van der Waals surface area contributed by atoms with Gasteiger partial charge in [0.05, 0.1) is 12.2 Å². The van der Waals surface area contributed by atoms with Gasteiger partial charge in [-0.05, 0) is 57.2 Å². The molecule has 1 unspecified atom stereocenters. The molecule has 7 nitrogen and oxygen atoms in total. The van der Waals surface area contributed by atoms with Crippen LogP contribution in [0.15, 0.2) is 38.0 Å². The molecule has 2 aromatic heterocycles. The van der Waals surface area contributed by atoms with E-state index < -0.39 is 6.10 Å². The molecule has 1 aromatic carbocycles. The summed E-state index contributed by atoms with van der Waals surface area (Å²) in [6, 6.07) is 7.15. The van der Waals surface area contributed by atoms with Gasteiger partial charge in [0.25, 0.3) is 5.91 Å². The van der Waals surface area contributed by atoms with Crippen LogP contribution < -0.4 is 15.7 Å². The molecule has 0 fully saturated rings. The number of ether oxygens (including phenoxy) is 1. The van der Waals surface area contributed by atoms with Crippen LogP contribution in [0, 0.1) is 6.92 Å². The number of fused-ring (bicyclic) bond motifs is 3. The molecule has 0 bridgehead atoms. The molecule has 7 heteroatoms. The highest BCUT2D eigenvalue weighted by Gasteiger charge is 2.19. The molecule has 0 spiro atoms. The lowest BCUT2D eigenvalue weighted by Gasteiger charge is -2.17. The normalized spacial score (nSPS) is 14.5. The Kier molecular flexibility index (Phi) is 4.90. The molecule has 0 saturated carbocycles.